The van der Waals surface area contributed by atoms with Crippen molar-refractivity contribution in [3.05, 3.63) is 59.7 Å². The Hall–Kier alpha value is -2.08. The van der Waals surface area contributed by atoms with Crippen LogP contribution >= 0.6 is 0 Å². The molecule has 2 N–H and O–H groups in total. The van der Waals surface area contributed by atoms with Crippen molar-refractivity contribution in [1.82, 2.24) is 0 Å². The molecule has 0 aliphatic rings. The van der Waals surface area contributed by atoms with Crippen LogP contribution < -0.4 is 9.47 Å². The molecule has 0 spiro atoms. The lowest BCUT2D eigenvalue weighted by Crippen LogP contribution is -2.18. The lowest BCUT2D eigenvalue weighted by Gasteiger charge is -2.26. The van der Waals surface area contributed by atoms with E-state index in [4.69, 9.17) is 24.4 Å². The highest BCUT2D eigenvalue weighted by Crippen LogP contribution is 2.33. The van der Waals surface area contributed by atoms with Gasteiger partial charge >= 0.3 is 0 Å². The summed E-state index contributed by atoms with van der Waals surface area (Å²) in [5, 5.41) is 17.5. The summed E-state index contributed by atoms with van der Waals surface area (Å²) in [5.74, 6) is 1.55. The maximum Gasteiger partial charge on any atom is 0.119 e. The molecule has 0 aliphatic carbocycles. The molecule has 2 aromatic carbocycles. The van der Waals surface area contributed by atoms with Gasteiger partial charge in [-0.05, 0) is 35.4 Å². The minimum absolute atomic E-state index is 0.00915. The summed E-state index contributed by atoms with van der Waals surface area (Å²) in [5.41, 5.74) is 2.21. The number of aliphatic hydroxyl groups excluding tert-OH is 2. The summed E-state index contributed by atoms with van der Waals surface area (Å²) in [7, 11) is 0. The maximum absolute atomic E-state index is 8.82. The summed E-state index contributed by atoms with van der Waals surface area (Å²) in [6.45, 7) is 5.93. The van der Waals surface area contributed by atoms with Gasteiger partial charge in [0.15, 0.2) is 0 Å². The minimum atomic E-state index is -0.154. The van der Waals surface area contributed by atoms with Gasteiger partial charge < -0.3 is 24.4 Å². The zero-order chi connectivity index (χ0) is 18.8. The van der Waals surface area contributed by atoms with E-state index in [0.717, 1.165) is 11.5 Å². The van der Waals surface area contributed by atoms with Gasteiger partial charge in [0.05, 0.1) is 26.4 Å². The van der Waals surface area contributed by atoms with Gasteiger partial charge in [-0.2, -0.15) is 0 Å². The van der Waals surface area contributed by atoms with Crippen molar-refractivity contribution in [2.45, 2.75) is 19.3 Å². The fourth-order valence-corrected chi connectivity index (χ4v) is 2.65. The molecule has 0 amide bonds. The van der Waals surface area contributed by atoms with Gasteiger partial charge in [-0.25, -0.2) is 0 Å². The van der Waals surface area contributed by atoms with Gasteiger partial charge in [-0.1, -0.05) is 38.1 Å². The number of hydrogen-bond donors (Lipinski definition) is 2. The van der Waals surface area contributed by atoms with Crippen molar-refractivity contribution in [2.75, 3.05) is 39.6 Å². The van der Waals surface area contributed by atoms with E-state index < -0.39 is 0 Å². The summed E-state index contributed by atoms with van der Waals surface area (Å²) in [6, 6.07) is 16.0. The molecule has 0 fully saturated rings. The summed E-state index contributed by atoms with van der Waals surface area (Å²) < 4.78 is 16.2. The fourth-order valence-electron chi connectivity index (χ4n) is 2.65. The molecule has 5 nitrogen and oxygen atoms in total. The highest BCUT2D eigenvalue weighted by atomic mass is 16.5. The summed E-state index contributed by atoms with van der Waals surface area (Å²) in [6.07, 6.45) is 0. The first-order chi connectivity index (χ1) is 12.6. The van der Waals surface area contributed by atoms with Crippen molar-refractivity contribution in [2.24, 2.45) is 0 Å². The third-order valence-electron chi connectivity index (χ3n) is 4.24. The molecule has 0 heterocycles. The highest BCUT2D eigenvalue weighted by molar-refractivity contribution is 5.41. The second-order valence-corrected chi connectivity index (χ2v) is 6.43. The van der Waals surface area contributed by atoms with Crippen molar-refractivity contribution in [3.63, 3.8) is 0 Å². The van der Waals surface area contributed by atoms with Gasteiger partial charge in [-0.15, -0.1) is 0 Å². The van der Waals surface area contributed by atoms with Crippen LogP contribution in [0.25, 0.3) is 0 Å². The van der Waals surface area contributed by atoms with Gasteiger partial charge in [0.2, 0.25) is 0 Å². The van der Waals surface area contributed by atoms with E-state index in [9.17, 15) is 0 Å². The van der Waals surface area contributed by atoms with Gasteiger partial charge in [0, 0.05) is 5.41 Å². The first kappa shape index (κ1) is 20.2. The van der Waals surface area contributed by atoms with Crippen molar-refractivity contribution in [1.29, 1.82) is 0 Å². The molecular formula is C21H28O5. The zero-order valence-corrected chi connectivity index (χ0v) is 15.5. The standard InChI is InChI=1S/C21H28O5/c1-21(2,17-3-7-19(8-4-17)25-14-12-23)18-5-9-20(10-6-18)26-16-15-24-13-11-22/h3-10,22-23H,11-16H2,1-2H3. The van der Waals surface area contributed by atoms with Crippen LogP contribution in [0.4, 0.5) is 0 Å². The van der Waals surface area contributed by atoms with Crippen LogP contribution in [0, 0.1) is 0 Å². The van der Waals surface area contributed by atoms with Crippen LogP contribution in [0.1, 0.15) is 25.0 Å². The van der Waals surface area contributed by atoms with E-state index >= 15 is 0 Å². The van der Waals surface area contributed by atoms with E-state index in [1.165, 1.54) is 11.1 Å². The third kappa shape index (κ3) is 5.73. The Balaban J connectivity index is 1.97. The van der Waals surface area contributed by atoms with Crippen molar-refractivity contribution < 1.29 is 24.4 Å². The van der Waals surface area contributed by atoms with E-state index in [1.807, 2.05) is 24.3 Å². The third-order valence-corrected chi connectivity index (χ3v) is 4.24. The Morgan fingerprint density at radius 3 is 1.58 bits per heavy atom. The second kappa shape index (κ2) is 10.2. The normalized spacial score (nSPS) is 11.4. The van der Waals surface area contributed by atoms with Crippen LogP contribution in [0.2, 0.25) is 0 Å². The lowest BCUT2D eigenvalue weighted by molar-refractivity contribution is 0.0705. The molecule has 0 saturated heterocycles. The average Bonchev–Trinajstić information content (AvgIpc) is 2.67. The van der Waals surface area contributed by atoms with Crippen LogP contribution in [0.15, 0.2) is 48.5 Å². The maximum atomic E-state index is 8.82. The Morgan fingerprint density at radius 2 is 1.12 bits per heavy atom. The predicted molar refractivity (Wildman–Crippen MR) is 101 cm³/mol. The Labute approximate surface area is 155 Å². The lowest BCUT2D eigenvalue weighted by atomic mass is 9.78. The van der Waals surface area contributed by atoms with E-state index in [1.54, 1.807) is 0 Å². The van der Waals surface area contributed by atoms with Crippen LogP contribution in [0.3, 0.4) is 0 Å². The molecule has 0 aromatic heterocycles. The molecule has 2 aromatic rings. The molecule has 142 valence electrons. The highest BCUT2D eigenvalue weighted by Gasteiger charge is 2.23. The molecule has 0 saturated carbocycles. The monoisotopic (exact) mass is 360 g/mol. The SMILES string of the molecule is CC(C)(c1ccc(OCCO)cc1)c1ccc(OCCOCCO)cc1. The summed E-state index contributed by atoms with van der Waals surface area (Å²) in [4.78, 5) is 0. The Morgan fingerprint density at radius 1 is 0.654 bits per heavy atom. The summed E-state index contributed by atoms with van der Waals surface area (Å²) >= 11 is 0. The zero-order valence-electron chi connectivity index (χ0n) is 15.5. The molecule has 0 radical (unpaired) electrons. The first-order valence-corrected chi connectivity index (χ1v) is 8.84. The largest absolute Gasteiger partial charge is 0.491 e. The second-order valence-electron chi connectivity index (χ2n) is 6.43. The van der Waals surface area contributed by atoms with E-state index in [0.29, 0.717) is 26.4 Å². The molecule has 0 unspecified atom stereocenters. The number of benzene rings is 2. The molecular weight excluding hydrogens is 332 g/mol. The molecule has 0 atom stereocenters. The topological polar surface area (TPSA) is 68.2 Å². The van der Waals surface area contributed by atoms with Gasteiger partial charge in [0.1, 0.15) is 24.7 Å². The van der Waals surface area contributed by atoms with Gasteiger partial charge in [-0.3, -0.25) is 0 Å². The molecule has 26 heavy (non-hydrogen) atoms. The molecule has 2 rings (SSSR count). The first-order valence-electron chi connectivity index (χ1n) is 8.84. The van der Waals surface area contributed by atoms with E-state index in [2.05, 4.69) is 38.1 Å². The number of ether oxygens (including phenoxy) is 3. The fraction of sp³-hybridized carbons (Fsp3) is 0.429. The number of aliphatic hydroxyl groups is 2. The van der Waals surface area contributed by atoms with Crippen LogP contribution in [0.5, 0.6) is 11.5 Å². The smallest absolute Gasteiger partial charge is 0.119 e. The average molecular weight is 360 g/mol. The van der Waals surface area contributed by atoms with E-state index in [-0.39, 0.29) is 18.6 Å². The number of rotatable bonds is 11. The Bertz CT molecular complexity index is 634. The quantitative estimate of drug-likeness (QED) is 0.603. The molecule has 0 aliphatic heterocycles. The van der Waals surface area contributed by atoms with Crippen molar-refractivity contribution >= 4 is 0 Å². The van der Waals surface area contributed by atoms with Gasteiger partial charge in [0.25, 0.3) is 0 Å². The van der Waals surface area contributed by atoms with Crippen LogP contribution in [-0.2, 0) is 10.2 Å². The molecule has 5 heteroatoms. The predicted octanol–water partition coefficient (Wildman–Crippen LogP) is 2.77. The Kier molecular flexibility index (Phi) is 7.91. The van der Waals surface area contributed by atoms with Crippen LogP contribution in [-0.4, -0.2) is 49.9 Å². The number of hydrogen-bond acceptors (Lipinski definition) is 5. The minimum Gasteiger partial charge on any atom is -0.491 e. The molecule has 0 bridgehead atoms. The van der Waals surface area contributed by atoms with Crippen molar-refractivity contribution in [3.8, 4) is 11.5 Å².